The van der Waals surface area contributed by atoms with Crippen LogP contribution in [-0.2, 0) is 19.0 Å². The first kappa shape index (κ1) is 17.7. The Bertz CT molecular complexity index is 657. The summed E-state index contributed by atoms with van der Waals surface area (Å²) in [5.41, 5.74) is 1.65. The highest BCUT2D eigenvalue weighted by atomic mass is 16.5. The van der Waals surface area contributed by atoms with E-state index in [9.17, 15) is 4.79 Å². The summed E-state index contributed by atoms with van der Waals surface area (Å²) in [6.45, 7) is 3.31. The van der Waals surface area contributed by atoms with Gasteiger partial charge in [-0.25, -0.2) is 0 Å². The molecule has 0 amide bonds. The van der Waals surface area contributed by atoms with Gasteiger partial charge in [0, 0.05) is 32.7 Å². The van der Waals surface area contributed by atoms with Crippen molar-refractivity contribution in [3.05, 3.63) is 42.2 Å². The molecule has 1 aromatic carbocycles. The SMILES string of the molecule is COCCCN1COC2CCC3C(=O)C(c4ccccc4)=COC3C2C1. The number of allylic oxidation sites excluding steroid dienone is 1. The lowest BCUT2D eigenvalue weighted by atomic mass is 9.71. The summed E-state index contributed by atoms with van der Waals surface area (Å²) < 4.78 is 17.4. The van der Waals surface area contributed by atoms with Crippen LogP contribution >= 0.6 is 0 Å². The van der Waals surface area contributed by atoms with Crippen LogP contribution in [0.1, 0.15) is 24.8 Å². The van der Waals surface area contributed by atoms with Crippen molar-refractivity contribution >= 4 is 11.4 Å². The fourth-order valence-electron chi connectivity index (χ4n) is 4.51. The van der Waals surface area contributed by atoms with Gasteiger partial charge in [0.15, 0.2) is 5.78 Å². The van der Waals surface area contributed by atoms with Gasteiger partial charge in [0.05, 0.1) is 30.6 Å². The van der Waals surface area contributed by atoms with Crippen molar-refractivity contribution in [1.29, 1.82) is 0 Å². The molecule has 0 N–H and O–H groups in total. The normalized spacial score (nSPS) is 31.6. The number of rotatable bonds is 5. The molecule has 1 saturated carbocycles. The Morgan fingerprint density at radius 2 is 2.08 bits per heavy atom. The molecule has 2 heterocycles. The van der Waals surface area contributed by atoms with Crippen LogP contribution in [0.3, 0.4) is 0 Å². The van der Waals surface area contributed by atoms with E-state index in [2.05, 4.69) is 4.90 Å². The molecule has 0 spiro atoms. The Labute approximate surface area is 154 Å². The van der Waals surface area contributed by atoms with Crippen molar-refractivity contribution in [2.45, 2.75) is 31.5 Å². The van der Waals surface area contributed by atoms with Gasteiger partial charge >= 0.3 is 0 Å². The molecule has 2 fully saturated rings. The average Bonchev–Trinajstić information content (AvgIpc) is 2.69. The summed E-state index contributed by atoms with van der Waals surface area (Å²) in [7, 11) is 1.73. The number of nitrogens with zero attached hydrogens (tertiary/aromatic N) is 1. The molecule has 5 heteroatoms. The smallest absolute Gasteiger partial charge is 0.173 e. The summed E-state index contributed by atoms with van der Waals surface area (Å²) in [6.07, 6.45) is 4.59. The van der Waals surface area contributed by atoms with E-state index in [1.165, 1.54) is 0 Å². The van der Waals surface area contributed by atoms with E-state index in [0.717, 1.165) is 44.5 Å². The van der Waals surface area contributed by atoms with Gasteiger partial charge < -0.3 is 14.2 Å². The molecule has 4 unspecified atom stereocenters. The Morgan fingerprint density at radius 1 is 1.23 bits per heavy atom. The number of methoxy groups -OCH3 is 1. The number of ketones is 1. The van der Waals surface area contributed by atoms with Crippen molar-refractivity contribution in [1.82, 2.24) is 4.90 Å². The molecule has 1 aliphatic carbocycles. The highest BCUT2D eigenvalue weighted by Gasteiger charge is 2.48. The molecule has 0 bridgehead atoms. The molecule has 5 nitrogen and oxygen atoms in total. The van der Waals surface area contributed by atoms with Gasteiger partial charge in [-0.3, -0.25) is 9.69 Å². The Kier molecular flexibility index (Phi) is 5.38. The van der Waals surface area contributed by atoms with Gasteiger partial charge in [0.1, 0.15) is 6.10 Å². The number of fused-ring (bicyclic) bond motifs is 3. The maximum atomic E-state index is 13.1. The van der Waals surface area contributed by atoms with Crippen LogP contribution in [0, 0.1) is 11.8 Å². The molecule has 4 rings (SSSR count). The monoisotopic (exact) mass is 357 g/mol. The number of carbonyl (C=O) groups excluding carboxylic acids is 1. The number of carbonyl (C=O) groups is 1. The van der Waals surface area contributed by atoms with Crippen molar-refractivity contribution < 1.29 is 19.0 Å². The zero-order chi connectivity index (χ0) is 17.9. The van der Waals surface area contributed by atoms with Gasteiger partial charge in [-0.2, -0.15) is 0 Å². The van der Waals surface area contributed by atoms with Crippen molar-refractivity contribution in [3.8, 4) is 0 Å². The predicted octanol–water partition coefficient (Wildman–Crippen LogP) is 2.72. The first-order valence-electron chi connectivity index (χ1n) is 9.56. The fraction of sp³-hybridized carbons (Fsp3) is 0.571. The molecule has 4 atom stereocenters. The van der Waals surface area contributed by atoms with E-state index in [0.29, 0.717) is 12.3 Å². The third-order valence-electron chi connectivity index (χ3n) is 5.85. The number of ether oxygens (including phenoxy) is 3. The van der Waals surface area contributed by atoms with Crippen LogP contribution in [-0.4, -0.2) is 56.4 Å². The molecule has 26 heavy (non-hydrogen) atoms. The van der Waals surface area contributed by atoms with Gasteiger partial charge in [-0.1, -0.05) is 30.3 Å². The van der Waals surface area contributed by atoms with Crippen molar-refractivity contribution in [2.24, 2.45) is 11.8 Å². The standard InChI is InChI=1S/C21H27NO4/c1-24-11-5-10-22-12-17-19(26-14-22)9-8-16-20(23)18(13-25-21(16)17)15-6-3-2-4-7-15/h2-4,6-7,13,16-17,19,21H,5,8-12,14H2,1H3. The summed E-state index contributed by atoms with van der Waals surface area (Å²) in [5, 5.41) is 0. The highest BCUT2D eigenvalue weighted by molar-refractivity contribution is 6.22. The molecule has 1 aromatic rings. The third kappa shape index (κ3) is 3.43. The second kappa shape index (κ2) is 7.91. The fourth-order valence-corrected chi connectivity index (χ4v) is 4.51. The second-order valence-electron chi connectivity index (χ2n) is 7.47. The summed E-state index contributed by atoms with van der Waals surface area (Å²) in [5.74, 6) is 0.420. The average molecular weight is 357 g/mol. The molecule has 0 aromatic heterocycles. The third-order valence-corrected chi connectivity index (χ3v) is 5.85. The lowest BCUT2D eigenvalue weighted by Gasteiger charge is -2.48. The second-order valence-corrected chi connectivity index (χ2v) is 7.47. The molecule has 0 radical (unpaired) electrons. The minimum absolute atomic E-state index is 0.0565. The number of hydrogen-bond acceptors (Lipinski definition) is 5. The summed E-state index contributed by atoms with van der Waals surface area (Å²) >= 11 is 0. The van der Waals surface area contributed by atoms with Crippen molar-refractivity contribution in [3.63, 3.8) is 0 Å². The molecule has 140 valence electrons. The highest BCUT2D eigenvalue weighted by Crippen LogP contribution is 2.41. The van der Waals surface area contributed by atoms with Crippen molar-refractivity contribution in [2.75, 3.05) is 33.5 Å². The van der Waals surface area contributed by atoms with Gasteiger partial charge in [0.2, 0.25) is 0 Å². The molecule has 2 aliphatic heterocycles. The molecular weight excluding hydrogens is 330 g/mol. The maximum Gasteiger partial charge on any atom is 0.173 e. The van der Waals surface area contributed by atoms with Gasteiger partial charge in [-0.05, 0) is 24.8 Å². The number of hydrogen-bond donors (Lipinski definition) is 0. The Hall–Kier alpha value is -1.69. The van der Waals surface area contributed by atoms with E-state index in [4.69, 9.17) is 14.2 Å². The number of Topliss-reactive ketones (excluding diaryl/α,β-unsaturated/α-hetero) is 1. The van der Waals surface area contributed by atoms with E-state index in [-0.39, 0.29) is 29.8 Å². The van der Waals surface area contributed by atoms with Crippen LogP contribution in [0.4, 0.5) is 0 Å². The predicted molar refractivity (Wildman–Crippen MR) is 98.3 cm³/mol. The zero-order valence-corrected chi connectivity index (χ0v) is 15.3. The van der Waals surface area contributed by atoms with Crippen LogP contribution in [0.5, 0.6) is 0 Å². The zero-order valence-electron chi connectivity index (χ0n) is 15.3. The number of benzene rings is 1. The van der Waals surface area contributed by atoms with E-state index >= 15 is 0 Å². The van der Waals surface area contributed by atoms with E-state index in [1.54, 1.807) is 13.4 Å². The van der Waals surface area contributed by atoms with Gasteiger partial charge in [-0.15, -0.1) is 0 Å². The van der Waals surface area contributed by atoms with E-state index in [1.807, 2.05) is 30.3 Å². The first-order valence-corrected chi connectivity index (χ1v) is 9.56. The van der Waals surface area contributed by atoms with Crippen LogP contribution in [0.2, 0.25) is 0 Å². The summed E-state index contributed by atoms with van der Waals surface area (Å²) in [6, 6.07) is 9.82. The largest absolute Gasteiger partial charge is 0.496 e. The van der Waals surface area contributed by atoms with Crippen LogP contribution in [0.15, 0.2) is 36.6 Å². The Balaban J connectivity index is 1.48. The van der Waals surface area contributed by atoms with Gasteiger partial charge in [0.25, 0.3) is 0 Å². The maximum absolute atomic E-state index is 13.1. The molecular formula is C21H27NO4. The molecule has 3 aliphatic rings. The lowest BCUT2D eigenvalue weighted by Crippen LogP contribution is -2.56. The van der Waals surface area contributed by atoms with Crippen LogP contribution in [0.25, 0.3) is 5.57 Å². The minimum atomic E-state index is -0.0704. The first-order chi connectivity index (χ1) is 12.8. The van der Waals surface area contributed by atoms with Crippen LogP contribution < -0.4 is 0 Å². The quantitative estimate of drug-likeness (QED) is 0.759. The van der Waals surface area contributed by atoms with E-state index < -0.39 is 0 Å². The molecule has 1 saturated heterocycles. The Morgan fingerprint density at radius 3 is 2.88 bits per heavy atom. The summed E-state index contributed by atoms with van der Waals surface area (Å²) in [4.78, 5) is 15.4. The topological polar surface area (TPSA) is 48.0 Å². The lowest BCUT2D eigenvalue weighted by molar-refractivity contribution is -0.170. The minimum Gasteiger partial charge on any atom is -0.496 e.